The number of aliphatic hydroxyl groups excluding tert-OH is 2. The van der Waals surface area contributed by atoms with Crippen molar-refractivity contribution in [1.29, 1.82) is 0 Å². The van der Waals surface area contributed by atoms with Crippen molar-refractivity contribution < 1.29 is 14.9 Å². The molecule has 0 saturated carbocycles. The molecule has 2 rings (SSSR count). The third kappa shape index (κ3) is 2.85. The van der Waals surface area contributed by atoms with Gasteiger partial charge >= 0.3 is 0 Å². The molecular formula is C15H23NO3. The van der Waals surface area contributed by atoms with E-state index in [9.17, 15) is 10.2 Å². The number of anilines is 1. The van der Waals surface area contributed by atoms with Gasteiger partial charge in [0.15, 0.2) is 0 Å². The molecule has 4 heteroatoms. The maximum atomic E-state index is 10.0. The van der Waals surface area contributed by atoms with Crippen LogP contribution in [0, 0.1) is 5.92 Å². The number of piperidine rings is 1. The van der Waals surface area contributed by atoms with Gasteiger partial charge in [0.25, 0.3) is 0 Å². The molecule has 106 valence electrons. The van der Waals surface area contributed by atoms with Gasteiger partial charge in [0, 0.05) is 24.3 Å². The number of hydrogen-bond donors (Lipinski definition) is 2. The largest absolute Gasteiger partial charge is 0.496 e. The second-order valence-corrected chi connectivity index (χ2v) is 5.35. The zero-order valence-corrected chi connectivity index (χ0v) is 11.8. The molecular weight excluding hydrogens is 242 g/mol. The van der Waals surface area contributed by atoms with E-state index in [-0.39, 0.29) is 6.10 Å². The van der Waals surface area contributed by atoms with Crippen molar-refractivity contribution in [3.05, 3.63) is 23.8 Å². The minimum Gasteiger partial charge on any atom is -0.496 e. The molecule has 2 unspecified atom stereocenters. The van der Waals surface area contributed by atoms with E-state index in [4.69, 9.17) is 4.74 Å². The van der Waals surface area contributed by atoms with E-state index in [1.165, 1.54) is 0 Å². The first kappa shape index (κ1) is 14.2. The van der Waals surface area contributed by atoms with Crippen LogP contribution in [-0.4, -0.2) is 36.5 Å². The highest BCUT2D eigenvalue weighted by Gasteiger charge is 2.27. The number of β-amino-alcohol motifs (C(OH)–C–C–N with tert-alkyl or cyclic N) is 1. The smallest absolute Gasteiger partial charge is 0.126 e. The zero-order chi connectivity index (χ0) is 14.0. The molecule has 0 amide bonds. The van der Waals surface area contributed by atoms with Crippen molar-refractivity contribution in [2.45, 2.75) is 32.5 Å². The molecule has 3 atom stereocenters. The van der Waals surface area contributed by atoms with Crippen LogP contribution in [0.5, 0.6) is 5.75 Å². The molecule has 1 aromatic rings. The van der Waals surface area contributed by atoms with Gasteiger partial charge < -0.3 is 19.8 Å². The van der Waals surface area contributed by atoms with E-state index in [2.05, 4.69) is 11.8 Å². The van der Waals surface area contributed by atoms with Crippen LogP contribution in [0.2, 0.25) is 0 Å². The summed E-state index contributed by atoms with van der Waals surface area (Å²) in [6.45, 7) is 5.31. The highest BCUT2D eigenvalue weighted by molar-refractivity contribution is 5.60. The van der Waals surface area contributed by atoms with Gasteiger partial charge in [0.05, 0.1) is 19.3 Å². The first-order chi connectivity index (χ1) is 9.04. The standard InChI is InChI=1S/C15H23NO3/c1-10-7-8-16(9-13(10)18)12-5-4-6-14(19-3)15(12)11(2)17/h4-6,10-11,13,17-18H,7-9H2,1-3H3/t10?,11-,13?/m1/s1. The van der Waals surface area contributed by atoms with E-state index in [0.717, 1.165) is 24.2 Å². The van der Waals surface area contributed by atoms with E-state index in [1.54, 1.807) is 14.0 Å². The lowest BCUT2D eigenvalue weighted by Crippen LogP contribution is -2.43. The molecule has 1 aliphatic rings. The Morgan fingerprint density at radius 2 is 2.16 bits per heavy atom. The Bertz CT molecular complexity index is 433. The molecule has 0 bridgehead atoms. The van der Waals surface area contributed by atoms with Gasteiger partial charge in [0.1, 0.15) is 5.75 Å². The van der Waals surface area contributed by atoms with Gasteiger partial charge in [-0.25, -0.2) is 0 Å². The van der Waals surface area contributed by atoms with Crippen LogP contribution >= 0.6 is 0 Å². The van der Waals surface area contributed by atoms with Crippen molar-refractivity contribution in [2.75, 3.05) is 25.1 Å². The lowest BCUT2D eigenvalue weighted by atomic mass is 9.94. The third-order valence-corrected chi connectivity index (χ3v) is 3.94. The molecule has 2 N–H and O–H groups in total. The Balaban J connectivity index is 2.34. The Kier molecular flexibility index (Phi) is 4.32. The number of ether oxygens (including phenoxy) is 1. The number of rotatable bonds is 3. The minimum absolute atomic E-state index is 0.318. The summed E-state index contributed by atoms with van der Waals surface area (Å²) in [7, 11) is 1.61. The van der Waals surface area contributed by atoms with E-state index >= 15 is 0 Å². The fourth-order valence-corrected chi connectivity index (χ4v) is 2.67. The molecule has 1 aliphatic heterocycles. The Hall–Kier alpha value is -1.26. The Morgan fingerprint density at radius 1 is 1.42 bits per heavy atom. The third-order valence-electron chi connectivity index (χ3n) is 3.94. The van der Waals surface area contributed by atoms with E-state index in [1.807, 2.05) is 18.2 Å². The molecule has 1 aromatic carbocycles. The number of benzene rings is 1. The van der Waals surface area contributed by atoms with Crippen LogP contribution in [0.4, 0.5) is 5.69 Å². The summed E-state index contributed by atoms with van der Waals surface area (Å²) in [4.78, 5) is 2.13. The molecule has 19 heavy (non-hydrogen) atoms. The molecule has 0 radical (unpaired) electrons. The van der Waals surface area contributed by atoms with Gasteiger partial charge in [-0.05, 0) is 31.4 Å². The maximum absolute atomic E-state index is 10.0. The fourth-order valence-electron chi connectivity index (χ4n) is 2.67. The predicted molar refractivity (Wildman–Crippen MR) is 75.6 cm³/mol. The van der Waals surface area contributed by atoms with Gasteiger partial charge in [-0.15, -0.1) is 0 Å². The monoisotopic (exact) mass is 265 g/mol. The number of nitrogens with zero attached hydrogens (tertiary/aromatic N) is 1. The van der Waals surface area contributed by atoms with Gasteiger partial charge in [-0.3, -0.25) is 0 Å². The average Bonchev–Trinajstić information content (AvgIpc) is 2.40. The molecule has 1 saturated heterocycles. The van der Waals surface area contributed by atoms with Crippen LogP contribution in [0.3, 0.4) is 0 Å². The van der Waals surface area contributed by atoms with Crippen LogP contribution in [0.15, 0.2) is 18.2 Å². The maximum Gasteiger partial charge on any atom is 0.126 e. The summed E-state index contributed by atoms with van der Waals surface area (Å²) < 4.78 is 5.34. The van der Waals surface area contributed by atoms with Crippen molar-refractivity contribution in [3.8, 4) is 5.75 Å². The number of hydrogen-bond acceptors (Lipinski definition) is 4. The zero-order valence-electron chi connectivity index (χ0n) is 11.8. The molecule has 4 nitrogen and oxygen atoms in total. The Labute approximate surface area is 114 Å². The average molecular weight is 265 g/mol. The second-order valence-electron chi connectivity index (χ2n) is 5.35. The van der Waals surface area contributed by atoms with Crippen LogP contribution in [-0.2, 0) is 0 Å². The van der Waals surface area contributed by atoms with Crippen LogP contribution < -0.4 is 9.64 Å². The van der Waals surface area contributed by atoms with Crippen molar-refractivity contribution in [2.24, 2.45) is 5.92 Å². The fraction of sp³-hybridized carbons (Fsp3) is 0.600. The van der Waals surface area contributed by atoms with Gasteiger partial charge in [-0.1, -0.05) is 13.0 Å². The normalized spacial score (nSPS) is 25.2. The van der Waals surface area contributed by atoms with E-state index in [0.29, 0.717) is 18.2 Å². The number of methoxy groups -OCH3 is 1. The molecule has 0 spiro atoms. The molecule has 1 fully saturated rings. The topological polar surface area (TPSA) is 52.9 Å². The first-order valence-corrected chi connectivity index (χ1v) is 6.82. The number of aliphatic hydroxyl groups is 2. The highest BCUT2D eigenvalue weighted by atomic mass is 16.5. The molecule has 0 aliphatic carbocycles. The van der Waals surface area contributed by atoms with Crippen molar-refractivity contribution in [3.63, 3.8) is 0 Å². The van der Waals surface area contributed by atoms with Gasteiger partial charge in [0.2, 0.25) is 0 Å². The molecule has 0 aromatic heterocycles. The lowest BCUT2D eigenvalue weighted by molar-refractivity contribution is 0.102. The van der Waals surface area contributed by atoms with Gasteiger partial charge in [-0.2, -0.15) is 0 Å². The van der Waals surface area contributed by atoms with Crippen LogP contribution in [0.1, 0.15) is 31.9 Å². The molecule has 1 heterocycles. The summed E-state index contributed by atoms with van der Waals surface area (Å²) in [5.41, 5.74) is 1.76. The van der Waals surface area contributed by atoms with Crippen molar-refractivity contribution >= 4 is 5.69 Å². The van der Waals surface area contributed by atoms with Crippen molar-refractivity contribution in [1.82, 2.24) is 0 Å². The minimum atomic E-state index is -0.595. The quantitative estimate of drug-likeness (QED) is 0.877. The SMILES string of the molecule is COc1cccc(N2CCC(C)C(O)C2)c1[C@@H](C)O. The summed E-state index contributed by atoms with van der Waals surface area (Å²) in [6.07, 6.45) is 0.0434. The summed E-state index contributed by atoms with van der Waals surface area (Å²) >= 11 is 0. The predicted octanol–water partition coefficient (Wildman–Crippen LogP) is 1.96. The second kappa shape index (κ2) is 5.80. The summed E-state index contributed by atoms with van der Waals surface area (Å²) in [6, 6.07) is 5.76. The van der Waals surface area contributed by atoms with E-state index < -0.39 is 6.10 Å². The lowest BCUT2D eigenvalue weighted by Gasteiger charge is -2.37. The highest BCUT2D eigenvalue weighted by Crippen LogP contribution is 2.36. The first-order valence-electron chi connectivity index (χ1n) is 6.82. The summed E-state index contributed by atoms with van der Waals surface area (Å²) in [5, 5.41) is 20.0. The van der Waals surface area contributed by atoms with Crippen LogP contribution in [0.25, 0.3) is 0 Å². The summed E-state index contributed by atoms with van der Waals surface area (Å²) in [5.74, 6) is 1.03. The Morgan fingerprint density at radius 3 is 2.74 bits per heavy atom.